The lowest BCUT2D eigenvalue weighted by atomic mass is 10.0. The SMILES string of the molecule is CCn1ccnc1CNC(CC(C)C)C(=O)N(C)C. The molecule has 1 rings (SSSR count). The maximum Gasteiger partial charge on any atom is 0.239 e. The summed E-state index contributed by atoms with van der Waals surface area (Å²) >= 11 is 0. The molecule has 0 aliphatic heterocycles. The molecule has 5 nitrogen and oxygen atoms in total. The first-order chi connectivity index (χ1) is 8.95. The highest BCUT2D eigenvalue weighted by Crippen LogP contribution is 2.08. The Morgan fingerprint density at radius 1 is 1.47 bits per heavy atom. The zero-order chi connectivity index (χ0) is 14.4. The summed E-state index contributed by atoms with van der Waals surface area (Å²) in [6.45, 7) is 7.86. The number of nitrogens with zero attached hydrogens (tertiary/aromatic N) is 3. The molecule has 108 valence electrons. The summed E-state index contributed by atoms with van der Waals surface area (Å²) < 4.78 is 2.08. The highest BCUT2D eigenvalue weighted by molar-refractivity contribution is 5.81. The Hall–Kier alpha value is -1.36. The van der Waals surface area contributed by atoms with Gasteiger partial charge >= 0.3 is 0 Å². The molecule has 0 aliphatic carbocycles. The van der Waals surface area contributed by atoms with E-state index in [0.717, 1.165) is 18.8 Å². The monoisotopic (exact) mass is 266 g/mol. The van der Waals surface area contributed by atoms with E-state index < -0.39 is 0 Å². The lowest BCUT2D eigenvalue weighted by molar-refractivity contribution is -0.131. The van der Waals surface area contributed by atoms with Crippen LogP contribution in [0.5, 0.6) is 0 Å². The average Bonchev–Trinajstić information content (AvgIpc) is 2.80. The Morgan fingerprint density at radius 2 is 2.16 bits per heavy atom. The summed E-state index contributed by atoms with van der Waals surface area (Å²) in [7, 11) is 3.59. The van der Waals surface area contributed by atoms with Gasteiger partial charge in [0.2, 0.25) is 5.91 Å². The number of amides is 1. The number of likely N-dealkylation sites (N-methyl/N-ethyl adjacent to an activating group) is 1. The number of nitrogens with one attached hydrogen (secondary N) is 1. The fourth-order valence-corrected chi connectivity index (χ4v) is 2.06. The van der Waals surface area contributed by atoms with Crippen LogP contribution in [-0.2, 0) is 17.9 Å². The van der Waals surface area contributed by atoms with Crippen molar-refractivity contribution in [3.63, 3.8) is 0 Å². The Kier molecular flexibility index (Phi) is 6.02. The fourth-order valence-electron chi connectivity index (χ4n) is 2.06. The van der Waals surface area contributed by atoms with Gasteiger partial charge in [0, 0.05) is 33.0 Å². The topological polar surface area (TPSA) is 50.2 Å². The van der Waals surface area contributed by atoms with Crippen LogP contribution in [-0.4, -0.2) is 40.5 Å². The maximum atomic E-state index is 12.1. The van der Waals surface area contributed by atoms with Crippen molar-refractivity contribution in [1.29, 1.82) is 0 Å². The molecule has 1 aromatic rings. The van der Waals surface area contributed by atoms with E-state index in [1.54, 1.807) is 25.2 Å². The van der Waals surface area contributed by atoms with Gasteiger partial charge in [-0.15, -0.1) is 0 Å². The van der Waals surface area contributed by atoms with Crippen LogP contribution in [0.15, 0.2) is 12.4 Å². The van der Waals surface area contributed by atoms with E-state index >= 15 is 0 Å². The minimum absolute atomic E-state index is 0.128. The van der Waals surface area contributed by atoms with Crippen LogP contribution in [0, 0.1) is 5.92 Å². The number of carbonyl (C=O) groups excluding carboxylic acids is 1. The summed E-state index contributed by atoms with van der Waals surface area (Å²) in [6.07, 6.45) is 4.60. The molecule has 0 saturated carbocycles. The number of hydrogen-bond donors (Lipinski definition) is 1. The Balaban J connectivity index is 2.65. The number of aromatic nitrogens is 2. The standard InChI is InChI=1S/C14H26N4O/c1-6-18-8-7-15-13(18)10-16-12(9-11(2)3)14(19)17(4)5/h7-8,11-12,16H,6,9-10H2,1-5H3. The van der Waals surface area contributed by atoms with Crippen molar-refractivity contribution in [2.24, 2.45) is 5.92 Å². The summed E-state index contributed by atoms with van der Waals surface area (Å²) in [5.41, 5.74) is 0. The molecule has 1 atom stereocenters. The molecule has 0 bridgehead atoms. The van der Waals surface area contributed by atoms with E-state index in [-0.39, 0.29) is 11.9 Å². The molecular formula is C14H26N4O. The van der Waals surface area contributed by atoms with Crippen molar-refractivity contribution in [2.45, 2.75) is 46.3 Å². The highest BCUT2D eigenvalue weighted by atomic mass is 16.2. The van der Waals surface area contributed by atoms with Gasteiger partial charge in [-0.3, -0.25) is 10.1 Å². The number of aryl methyl sites for hydroxylation is 1. The second kappa shape index (κ2) is 7.28. The Labute approximate surface area is 116 Å². The van der Waals surface area contributed by atoms with Gasteiger partial charge < -0.3 is 9.47 Å². The van der Waals surface area contributed by atoms with Crippen molar-refractivity contribution < 1.29 is 4.79 Å². The quantitative estimate of drug-likeness (QED) is 0.813. The van der Waals surface area contributed by atoms with Crippen molar-refractivity contribution in [1.82, 2.24) is 19.8 Å². The van der Waals surface area contributed by atoms with Gasteiger partial charge in [-0.1, -0.05) is 13.8 Å². The zero-order valence-electron chi connectivity index (χ0n) is 12.7. The lowest BCUT2D eigenvalue weighted by Gasteiger charge is -2.23. The number of imidazole rings is 1. The smallest absolute Gasteiger partial charge is 0.239 e. The van der Waals surface area contributed by atoms with Gasteiger partial charge in [0.1, 0.15) is 5.82 Å². The van der Waals surface area contributed by atoms with E-state index in [2.05, 4.69) is 35.6 Å². The molecule has 0 aliphatic rings. The molecule has 5 heteroatoms. The largest absolute Gasteiger partial charge is 0.347 e. The highest BCUT2D eigenvalue weighted by Gasteiger charge is 2.21. The molecule has 1 heterocycles. The van der Waals surface area contributed by atoms with Crippen LogP contribution < -0.4 is 5.32 Å². The zero-order valence-corrected chi connectivity index (χ0v) is 12.7. The first-order valence-electron chi connectivity index (χ1n) is 6.90. The maximum absolute atomic E-state index is 12.1. The molecule has 0 saturated heterocycles. The lowest BCUT2D eigenvalue weighted by Crippen LogP contribution is -2.44. The molecule has 0 radical (unpaired) electrons. The van der Waals surface area contributed by atoms with Crippen LogP contribution in [0.25, 0.3) is 0 Å². The average molecular weight is 266 g/mol. The third kappa shape index (κ3) is 4.67. The van der Waals surface area contributed by atoms with E-state index in [1.165, 1.54) is 0 Å². The summed E-state index contributed by atoms with van der Waals surface area (Å²) in [4.78, 5) is 18.1. The van der Waals surface area contributed by atoms with Gasteiger partial charge in [0.05, 0.1) is 12.6 Å². The van der Waals surface area contributed by atoms with Crippen LogP contribution in [0.1, 0.15) is 33.0 Å². The number of carbonyl (C=O) groups is 1. The molecule has 0 aromatic carbocycles. The molecule has 0 fully saturated rings. The number of rotatable bonds is 7. The summed E-state index contributed by atoms with van der Waals surface area (Å²) in [5.74, 6) is 1.58. The predicted octanol–water partition coefficient (Wildman–Crippen LogP) is 1.50. The van der Waals surface area contributed by atoms with Crippen LogP contribution in [0.2, 0.25) is 0 Å². The summed E-state index contributed by atoms with van der Waals surface area (Å²) in [6, 6.07) is -0.142. The molecule has 1 amide bonds. The van der Waals surface area contributed by atoms with Crippen LogP contribution >= 0.6 is 0 Å². The normalized spacial score (nSPS) is 12.7. The second-order valence-corrected chi connectivity index (χ2v) is 5.43. The second-order valence-electron chi connectivity index (χ2n) is 5.43. The fraction of sp³-hybridized carbons (Fsp3) is 0.714. The summed E-state index contributed by atoms with van der Waals surface area (Å²) in [5, 5.41) is 3.33. The van der Waals surface area contributed by atoms with Gasteiger partial charge in [0.25, 0.3) is 0 Å². The molecular weight excluding hydrogens is 240 g/mol. The molecule has 0 spiro atoms. The first-order valence-corrected chi connectivity index (χ1v) is 6.90. The molecule has 19 heavy (non-hydrogen) atoms. The first kappa shape index (κ1) is 15.7. The van der Waals surface area contributed by atoms with Crippen molar-refractivity contribution in [3.05, 3.63) is 18.2 Å². The Morgan fingerprint density at radius 3 is 2.68 bits per heavy atom. The van der Waals surface area contributed by atoms with Gasteiger partial charge in [0.15, 0.2) is 0 Å². The predicted molar refractivity (Wildman–Crippen MR) is 76.7 cm³/mol. The molecule has 1 aromatic heterocycles. The van der Waals surface area contributed by atoms with Gasteiger partial charge in [-0.25, -0.2) is 4.98 Å². The van der Waals surface area contributed by atoms with E-state index in [4.69, 9.17) is 0 Å². The van der Waals surface area contributed by atoms with Crippen molar-refractivity contribution in [3.8, 4) is 0 Å². The van der Waals surface area contributed by atoms with Crippen LogP contribution in [0.4, 0.5) is 0 Å². The third-order valence-electron chi connectivity index (χ3n) is 3.09. The van der Waals surface area contributed by atoms with Gasteiger partial charge in [-0.2, -0.15) is 0 Å². The van der Waals surface area contributed by atoms with E-state index in [0.29, 0.717) is 12.5 Å². The third-order valence-corrected chi connectivity index (χ3v) is 3.09. The van der Waals surface area contributed by atoms with Crippen LogP contribution in [0.3, 0.4) is 0 Å². The minimum Gasteiger partial charge on any atom is -0.347 e. The number of hydrogen-bond acceptors (Lipinski definition) is 3. The van der Waals surface area contributed by atoms with Crippen molar-refractivity contribution >= 4 is 5.91 Å². The van der Waals surface area contributed by atoms with E-state index in [9.17, 15) is 4.79 Å². The van der Waals surface area contributed by atoms with Gasteiger partial charge in [-0.05, 0) is 19.3 Å². The Bertz CT molecular complexity index is 398. The minimum atomic E-state index is -0.142. The molecule has 1 N–H and O–H groups in total. The van der Waals surface area contributed by atoms with Crippen molar-refractivity contribution in [2.75, 3.05) is 14.1 Å². The molecule has 1 unspecified atom stereocenters. The van der Waals surface area contributed by atoms with E-state index in [1.807, 2.05) is 6.20 Å².